The Hall–Kier alpha value is -4.76. The van der Waals surface area contributed by atoms with Gasteiger partial charge in [-0.25, -0.2) is 0 Å². The third-order valence-electron chi connectivity index (χ3n) is 9.13. The van der Waals surface area contributed by atoms with E-state index in [-0.39, 0.29) is 152 Å². The molecule has 0 fully saturated rings. The first-order chi connectivity index (χ1) is 27.4. The van der Waals surface area contributed by atoms with Crippen molar-refractivity contribution in [3.8, 4) is 11.5 Å². The number of fused-ring (bicyclic) bond motifs is 2. The normalized spacial score (nSPS) is 12.9. The standard InChI is InChI=1S/C36H54N14O8.4BrH/c1-17(33(57)49-21(31(37)55)5-3-11-47-35(39)40)43-13-15-45-19-7-8-20(26-25(19)29(53)27-23(51)9-10-24(52)28(27)30(26)54)46-16-14-44-18(2)34(58)50-22(32(38)56)6-4-12-48-36(41)42;;;;/h7-10,17-18,21-22,43-46,51-52H,3-6,11-16H2,1-2H3,(H2,37,55)(H2,38,56)(H,49,57)(H,50,58)(H4,39,40,47)(H4,41,42,48);4*1H/t17-,18-,21-,22-;;;;/m0..../s1. The van der Waals surface area contributed by atoms with Crippen molar-refractivity contribution in [2.45, 2.75) is 63.7 Å². The minimum absolute atomic E-state index is 0. The average Bonchev–Trinajstić information content (AvgIpc) is 3.16. The number of ketones is 2. The molecule has 0 aromatic heterocycles. The number of phenolic OH excluding ortho intramolecular Hbond substituents is 2. The van der Waals surface area contributed by atoms with Crippen LogP contribution in [0.4, 0.5) is 11.4 Å². The van der Waals surface area contributed by atoms with Crippen LogP contribution >= 0.6 is 67.9 Å². The van der Waals surface area contributed by atoms with Crippen molar-refractivity contribution < 1.29 is 39.0 Å². The van der Waals surface area contributed by atoms with E-state index in [1.165, 1.54) is 0 Å². The fourth-order valence-corrected chi connectivity index (χ4v) is 6.04. The van der Waals surface area contributed by atoms with Crippen LogP contribution in [-0.4, -0.2) is 121 Å². The number of halogens is 4. The Bertz CT molecular complexity index is 1780. The molecule has 2 aromatic rings. The molecule has 1 aliphatic rings. The largest absolute Gasteiger partial charge is 0.507 e. The van der Waals surface area contributed by atoms with E-state index >= 15 is 0 Å². The first-order valence-corrected chi connectivity index (χ1v) is 18.5. The minimum Gasteiger partial charge on any atom is -0.507 e. The van der Waals surface area contributed by atoms with Crippen LogP contribution in [0.25, 0.3) is 0 Å². The van der Waals surface area contributed by atoms with Crippen LogP contribution in [0.2, 0.25) is 0 Å². The molecule has 0 bridgehead atoms. The molecule has 2 aromatic carbocycles. The lowest BCUT2D eigenvalue weighted by molar-refractivity contribution is -0.128. The number of amides is 4. The number of primary amides is 2. The zero-order valence-corrected chi connectivity index (χ0v) is 40.8. The van der Waals surface area contributed by atoms with Crippen molar-refractivity contribution in [2.75, 3.05) is 49.9 Å². The Balaban J connectivity index is 0. The molecule has 20 N–H and O–H groups in total. The van der Waals surface area contributed by atoms with Gasteiger partial charge in [-0.05, 0) is 63.8 Å². The number of hydrogen-bond donors (Lipinski definition) is 16. The first-order valence-electron chi connectivity index (χ1n) is 18.5. The van der Waals surface area contributed by atoms with E-state index in [4.69, 9.17) is 33.8 Å². The van der Waals surface area contributed by atoms with Crippen molar-refractivity contribution in [1.82, 2.24) is 31.9 Å². The number of phenols is 2. The molecule has 0 aliphatic heterocycles. The highest BCUT2D eigenvalue weighted by molar-refractivity contribution is 8.93. The highest BCUT2D eigenvalue weighted by Crippen LogP contribution is 2.42. The third-order valence-corrected chi connectivity index (χ3v) is 9.13. The van der Waals surface area contributed by atoms with Gasteiger partial charge in [0.25, 0.3) is 0 Å². The summed E-state index contributed by atoms with van der Waals surface area (Å²) < 4.78 is 0. The van der Waals surface area contributed by atoms with Gasteiger partial charge >= 0.3 is 0 Å². The zero-order chi connectivity index (χ0) is 43.1. The third kappa shape index (κ3) is 17.2. The Morgan fingerprint density at radius 1 is 0.565 bits per heavy atom. The summed E-state index contributed by atoms with van der Waals surface area (Å²) >= 11 is 0. The molecule has 4 atom stereocenters. The van der Waals surface area contributed by atoms with E-state index in [1.54, 1.807) is 26.0 Å². The number of carbonyl (C=O) groups is 6. The quantitative estimate of drug-likeness (QED) is 0.0231. The molecule has 0 saturated carbocycles. The summed E-state index contributed by atoms with van der Waals surface area (Å²) in [4.78, 5) is 77.3. The van der Waals surface area contributed by atoms with E-state index < -0.39 is 70.9 Å². The molecule has 0 unspecified atom stereocenters. The Labute approximate surface area is 400 Å². The number of anilines is 2. The highest BCUT2D eigenvalue weighted by atomic mass is 79.9. The molecule has 62 heavy (non-hydrogen) atoms. The van der Waals surface area contributed by atoms with Crippen LogP contribution in [0.5, 0.6) is 11.5 Å². The Morgan fingerprint density at radius 3 is 1.21 bits per heavy atom. The van der Waals surface area contributed by atoms with Crippen LogP contribution < -0.4 is 65.5 Å². The van der Waals surface area contributed by atoms with Crippen molar-refractivity contribution in [1.29, 1.82) is 10.8 Å². The van der Waals surface area contributed by atoms with E-state index in [9.17, 15) is 39.0 Å². The monoisotopic (exact) mass is 1130 g/mol. The molecule has 0 saturated heterocycles. The summed E-state index contributed by atoms with van der Waals surface area (Å²) in [6.07, 6.45) is 1.29. The average molecular weight is 1130 g/mol. The van der Waals surface area contributed by atoms with Gasteiger partial charge in [0.05, 0.1) is 34.3 Å². The molecule has 26 heteroatoms. The number of nitrogens with one attached hydrogen (secondary N) is 10. The van der Waals surface area contributed by atoms with Gasteiger partial charge in [-0.1, -0.05) is 0 Å². The fraction of sp³-hybridized carbons (Fsp3) is 0.444. The molecule has 3 rings (SSSR count). The maximum atomic E-state index is 13.9. The molecule has 22 nitrogen and oxygen atoms in total. The van der Waals surface area contributed by atoms with E-state index in [0.29, 0.717) is 25.9 Å². The number of nitrogens with two attached hydrogens (primary N) is 4. The van der Waals surface area contributed by atoms with Gasteiger partial charge in [-0.3, -0.25) is 39.6 Å². The van der Waals surface area contributed by atoms with Gasteiger partial charge in [-0.15, -0.1) is 67.9 Å². The van der Waals surface area contributed by atoms with Gasteiger partial charge in [-0.2, -0.15) is 0 Å². The summed E-state index contributed by atoms with van der Waals surface area (Å²) in [7, 11) is 0. The van der Waals surface area contributed by atoms with Crippen LogP contribution in [0.1, 0.15) is 71.4 Å². The SMILES string of the molecule is Br.Br.Br.Br.C[C@H](NCCNc1ccc(NCCN[C@@H](C)C(=O)N[C@@H](CCCNC(=N)N)C(N)=O)c2c1C(=O)c1c(O)ccc(O)c1C2=O)C(=O)N[C@@H](CCCNC(=N)N)C(N)=O. The van der Waals surface area contributed by atoms with E-state index in [2.05, 4.69) is 42.5 Å². The van der Waals surface area contributed by atoms with Crippen molar-refractivity contribution in [3.63, 3.8) is 0 Å². The smallest absolute Gasteiger partial charge is 0.240 e. The molecule has 0 spiro atoms. The van der Waals surface area contributed by atoms with Gasteiger partial charge in [0.15, 0.2) is 11.9 Å². The predicted molar refractivity (Wildman–Crippen MR) is 257 cm³/mol. The summed E-state index contributed by atoms with van der Waals surface area (Å²) in [5, 5.41) is 58.2. The lowest BCUT2D eigenvalue weighted by atomic mass is 9.81. The number of rotatable bonds is 24. The van der Waals surface area contributed by atoms with Crippen LogP contribution in [0, 0.1) is 10.8 Å². The first kappa shape index (κ1) is 59.3. The summed E-state index contributed by atoms with van der Waals surface area (Å²) in [6, 6.07) is 1.94. The number of guanidine groups is 2. The number of aromatic hydroxyl groups is 2. The topological polar surface area (TPSA) is 391 Å². The molecular weight excluding hydrogens is 1080 g/mol. The Kier molecular flexibility index (Phi) is 27.5. The predicted octanol–water partition coefficient (Wildman–Crippen LogP) is -0.568. The molecule has 1 aliphatic carbocycles. The maximum Gasteiger partial charge on any atom is 0.240 e. The van der Waals surface area contributed by atoms with Gasteiger partial charge in [0.1, 0.15) is 23.6 Å². The molecule has 0 heterocycles. The van der Waals surface area contributed by atoms with E-state index in [0.717, 1.165) is 12.1 Å². The van der Waals surface area contributed by atoms with Gasteiger partial charge < -0.3 is 75.7 Å². The molecule has 0 radical (unpaired) electrons. The van der Waals surface area contributed by atoms with Crippen molar-refractivity contribution >= 4 is 126 Å². The Morgan fingerprint density at radius 2 is 0.903 bits per heavy atom. The second-order valence-corrected chi connectivity index (χ2v) is 13.5. The fourth-order valence-electron chi connectivity index (χ4n) is 6.04. The van der Waals surface area contributed by atoms with Crippen LogP contribution in [-0.2, 0) is 19.2 Å². The maximum absolute atomic E-state index is 13.9. The van der Waals surface area contributed by atoms with Crippen molar-refractivity contribution in [2.24, 2.45) is 22.9 Å². The summed E-state index contributed by atoms with van der Waals surface area (Å²) in [6.45, 7) is 4.49. The lowest BCUT2D eigenvalue weighted by Gasteiger charge is -2.25. The van der Waals surface area contributed by atoms with Crippen LogP contribution in [0.15, 0.2) is 24.3 Å². The van der Waals surface area contributed by atoms with E-state index in [1.807, 2.05) is 0 Å². The number of hydrogen-bond acceptors (Lipinski definition) is 14. The number of benzene rings is 2. The molecule has 4 amide bonds. The molecular formula is C36H58Br4N14O8. The highest BCUT2D eigenvalue weighted by Gasteiger charge is 2.38. The summed E-state index contributed by atoms with van der Waals surface area (Å²) in [5.74, 6) is -5.26. The molecule has 348 valence electrons. The second-order valence-electron chi connectivity index (χ2n) is 13.5. The minimum atomic E-state index is -0.942. The number of carbonyl (C=O) groups excluding carboxylic acids is 6. The van der Waals surface area contributed by atoms with Gasteiger partial charge in [0.2, 0.25) is 35.2 Å². The van der Waals surface area contributed by atoms with Crippen molar-refractivity contribution in [3.05, 3.63) is 46.5 Å². The van der Waals surface area contributed by atoms with Gasteiger partial charge in [0, 0.05) is 50.6 Å². The second kappa shape index (κ2) is 28.8. The van der Waals surface area contributed by atoms with Crippen LogP contribution in [0.3, 0.4) is 0 Å². The zero-order valence-electron chi connectivity index (χ0n) is 34.0. The summed E-state index contributed by atoms with van der Waals surface area (Å²) in [5.41, 5.74) is 21.1. The lowest BCUT2D eigenvalue weighted by Crippen LogP contribution is -2.51.